The SMILES string of the molecule is Cc1ccc(C)c(-n2c(C)nnc2SCC(=O)NCc2ccc(N3CCCCCC3)nc2)c1. The van der Waals surface area contributed by atoms with Crippen molar-refractivity contribution in [2.24, 2.45) is 0 Å². The van der Waals surface area contributed by atoms with Crippen LogP contribution in [0.25, 0.3) is 5.69 Å². The smallest absolute Gasteiger partial charge is 0.230 e. The van der Waals surface area contributed by atoms with E-state index in [1.165, 1.54) is 43.0 Å². The number of nitrogens with one attached hydrogen (secondary N) is 1. The molecule has 8 heteroatoms. The molecule has 174 valence electrons. The number of nitrogens with zero attached hydrogens (tertiary/aromatic N) is 5. The van der Waals surface area contributed by atoms with E-state index in [4.69, 9.17) is 0 Å². The zero-order chi connectivity index (χ0) is 23.2. The van der Waals surface area contributed by atoms with E-state index in [0.717, 1.165) is 46.7 Å². The number of carbonyl (C=O) groups excluding carboxylic acids is 1. The summed E-state index contributed by atoms with van der Waals surface area (Å²) in [6.07, 6.45) is 6.94. The second kappa shape index (κ2) is 10.8. The molecule has 1 N–H and O–H groups in total. The fourth-order valence-corrected chi connectivity index (χ4v) is 4.88. The second-order valence-corrected chi connectivity index (χ2v) is 9.59. The molecule has 0 unspecified atom stereocenters. The molecule has 7 nitrogen and oxygen atoms in total. The highest BCUT2D eigenvalue weighted by atomic mass is 32.2. The molecule has 0 bridgehead atoms. The molecule has 0 saturated carbocycles. The Hall–Kier alpha value is -2.87. The molecule has 1 fully saturated rings. The van der Waals surface area contributed by atoms with Crippen LogP contribution in [0.5, 0.6) is 0 Å². The monoisotopic (exact) mass is 464 g/mol. The lowest BCUT2D eigenvalue weighted by molar-refractivity contribution is -0.118. The van der Waals surface area contributed by atoms with Gasteiger partial charge in [0.15, 0.2) is 5.16 Å². The third-order valence-corrected chi connectivity index (χ3v) is 6.89. The topological polar surface area (TPSA) is 75.9 Å². The van der Waals surface area contributed by atoms with E-state index >= 15 is 0 Å². The quantitative estimate of drug-likeness (QED) is 0.523. The summed E-state index contributed by atoms with van der Waals surface area (Å²) >= 11 is 1.40. The number of hydrogen-bond donors (Lipinski definition) is 1. The van der Waals surface area contributed by atoms with E-state index in [-0.39, 0.29) is 11.7 Å². The van der Waals surface area contributed by atoms with Gasteiger partial charge in [-0.3, -0.25) is 9.36 Å². The summed E-state index contributed by atoms with van der Waals surface area (Å²) in [5.41, 5.74) is 4.37. The van der Waals surface area contributed by atoms with Crippen molar-refractivity contribution in [2.45, 2.75) is 58.2 Å². The molecule has 1 aliphatic rings. The lowest BCUT2D eigenvalue weighted by Gasteiger charge is -2.21. The second-order valence-electron chi connectivity index (χ2n) is 8.65. The molecule has 0 spiro atoms. The fourth-order valence-electron chi connectivity index (χ4n) is 4.06. The molecule has 1 aliphatic heterocycles. The van der Waals surface area contributed by atoms with Crippen LogP contribution < -0.4 is 10.2 Å². The first-order valence-electron chi connectivity index (χ1n) is 11.6. The molecule has 1 aromatic carbocycles. The summed E-state index contributed by atoms with van der Waals surface area (Å²) < 4.78 is 2.02. The number of anilines is 1. The minimum Gasteiger partial charge on any atom is -0.357 e. The summed E-state index contributed by atoms with van der Waals surface area (Å²) in [6.45, 7) is 8.69. The van der Waals surface area contributed by atoms with Crippen molar-refractivity contribution in [3.05, 3.63) is 59.0 Å². The van der Waals surface area contributed by atoms with Crippen molar-refractivity contribution in [1.29, 1.82) is 0 Å². The maximum atomic E-state index is 12.5. The third kappa shape index (κ3) is 5.93. The predicted molar refractivity (Wildman–Crippen MR) is 133 cm³/mol. The maximum Gasteiger partial charge on any atom is 0.230 e. The minimum atomic E-state index is -0.0373. The van der Waals surface area contributed by atoms with Gasteiger partial charge in [0.25, 0.3) is 0 Å². The molecule has 3 aromatic rings. The average molecular weight is 465 g/mol. The summed E-state index contributed by atoms with van der Waals surface area (Å²) in [5, 5.41) is 12.2. The molecule has 33 heavy (non-hydrogen) atoms. The van der Waals surface area contributed by atoms with Gasteiger partial charge in [-0.2, -0.15) is 0 Å². The number of benzene rings is 1. The normalized spacial score (nSPS) is 14.2. The average Bonchev–Trinajstić information content (AvgIpc) is 3.00. The maximum absolute atomic E-state index is 12.5. The third-order valence-electron chi connectivity index (χ3n) is 5.96. The van der Waals surface area contributed by atoms with E-state index in [1.807, 2.05) is 17.7 Å². The predicted octanol–water partition coefficient (Wildman–Crippen LogP) is 4.38. The Bertz CT molecular complexity index is 1090. The summed E-state index contributed by atoms with van der Waals surface area (Å²) in [4.78, 5) is 19.5. The van der Waals surface area contributed by atoms with Crippen LogP contribution in [-0.2, 0) is 11.3 Å². The minimum absolute atomic E-state index is 0.0373. The highest BCUT2D eigenvalue weighted by Crippen LogP contribution is 2.25. The van der Waals surface area contributed by atoms with E-state index in [1.54, 1.807) is 0 Å². The van der Waals surface area contributed by atoms with E-state index in [0.29, 0.717) is 6.54 Å². The van der Waals surface area contributed by atoms with Gasteiger partial charge in [-0.1, -0.05) is 42.8 Å². The number of rotatable bonds is 7. The van der Waals surface area contributed by atoms with Crippen LogP contribution in [0.2, 0.25) is 0 Å². The number of aromatic nitrogens is 4. The first kappa shape index (κ1) is 23.3. The number of carbonyl (C=O) groups is 1. The first-order chi connectivity index (χ1) is 16.0. The van der Waals surface area contributed by atoms with Gasteiger partial charge in [0.2, 0.25) is 5.91 Å². The summed E-state index contributed by atoms with van der Waals surface area (Å²) in [7, 11) is 0. The zero-order valence-corrected chi connectivity index (χ0v) is 20.5. The van der Waals surface area contributed by atoms with Gasteiger partial charge in [-0.25, -0.2) is 4.98 Å². The Kier molecular flexibility index (Phi) is 7.65. The number of amides is 1. The highest BCUT2D eigenvalue weighted by molar-refractivity contribution is 7.99. The van der Waals surface area contributed by atoms with Gasteiger partial charge in [0, 0.05) is 25.8 Å². The molecule has 4 rings (SSSR count). The van der Waals surface area contributed by atoms with Gasteiger partial charge in [-0.05, 0) is 62.4 Å². The molecular weight excluding hydrogens is 432 g/mol. The van der Waals surface area contributed by atoms with Crippen LogP contribution in [0.3, 0.4) is 0 Å². The number of pyridine rings is 1. The molecule has 0 radical (unpaired) electrons. The van der Waals surface area contributed by atoms with Gasteiger partial charge in [-0.15, -0.1) is 10.2 Å². The van der Waals surface area contributed by atoms with Crippen LogP contribution in [0, 0.1) is 20.8 Å². The van der Waals surface area contributed by atoms with Gasteiger partial charge in [0.05, 0.1) is 11.4 Å². The summed E-state index contributed by atoms with van der Waals surface area (Å²) in [6, 6.07) is 10.4. The number of aryl methyl sites for hydroxylation is 3. The van der Waals surface area contributed by atoms with Crippen molar-refractivity contribution in [2.75, 3.05) is 23.7 Å². The lowest BCUT2D eigenvalue weighted by atomic mass is 10.1. The van der Waals surface area contributed by atoms with Crippen LogP contribution in [-0.4, -0.2) is 44.5 Å². The molecule has 0 aliphatic carbocycles. The number of thioether (sulfide) groups is 1. The van der Waals surface area contributed by atoms with Crippen LogP contribution in [0.4, 0.5) is 5.82 Å². The van der Waals surface area contributed by atoms with Crippen molar-refractivity contribution in [3.63, 3.8) is 0 Å². The Morgan fingerprint density at radius 3 is 2.55 bits per heavy atom. The van der Waals surface area contributed by atoms with E-state index in [2.05, 4.69) is 69.6 Å². The van der Waals surface area contributed by atoms with E-state index in [9.17, 15) is 4.79 Å². The standard InChI is InChI=1S/C25H32N6OS/c1-18-8-9-19(2)22(14-18)31-20(3)28-29-25(31)33-17-24(32)27-16-21-10-11-23(26-15-21)30-12-6-4-5-7-13-30/h8-11,14-15H,4-7,12-13,16-17H2,1-3H3,(H,27,32). The Morgan fingerprint density at radius 2 is 1.82 bits per heavy atom. The lowest BCUT2D eigenvalue weighted by Crippen LogP contribution is -2.26. The van der Waals surface area contributed by atoms with Crippen molar-refractivity contribution < 1.29 is 4.79 Å². The molecular formula is C25H32N6OS. The fraction of sp³-hybridized carbons (Fsp3) is 0.440. The Balaban J connectivity index is 1.32. The van der Waals surface area contributed by atoms with Gasteiger partial charge >= 0.3 is 0 Å². The van der Waals surface area contributed by atoms with E-state index < -0.39 is 0 Å². The van der Waals surface area contributed by atoms with Crippen molar-refractivity contribution in [3.8, 4) is 5.69 Å². The zero-order valence-electron chi connectivity index (χ0n) is 19.7. The van der Waals surface area contributed by atoms with Crippen LogP contribution in [0.1, 0.15) is 48.2 Å². The molecule has 0 atom stereocenters. The van der Waals surface area contributed by atoms with Gasteiger partial charge in [0.1, 0.15) is 11.6 Å². The molecule has 2 aromatic heterocycles. The molecule has 1 saturated heterocycles. The Labute approximate surface area is 200 Å². The summed E-state index contributed by atoms with van der Waals surface area (Å²) in [5.74, 6) is 2.08. The number of hydrogen-bond acceptors (Lipinski definition) is 6. The van der Waals surface area contributed by atoms with Crippen LogP contribution >= 0.6 is 11.8 Å². The van der Waals surface area contributed by atoms with Gasteiger partial charge < -0.3 is 10.2 Å². The van der Waals surface area contributed by atoms with Crippen LogP contribution in [0.15, 0.2) is 41.7 Å². The molecule has 1 amide bonds. The van der Waals surface area contributed by atoms with Crippen molar-refractivity contribution >= 4 is 23.5 Å². The van der Waals surface area contributed by atoms with Crippen molar-refractivity contribution in [1.82, 2.24) is 25.1 Å². The largest absolute Gasteiger partial charge is 0.357 e. The Morgan fingerprint density at radius 1 is 1.03 bits per heavy atom. The first-order valence-corrected chi connectivity index (χ1v) is 12.6. The highest BCUT2D eigenvalue weighted by Gasteiger charge is 2.15. The molecule has 3 heterocycles.